The second kappa shape index (κ2) is 5.93. The molecule has 1 aromatic heterocycles. The van der Waals surface area contributed by atoms with Crippen LogP contribution in [-0.2, 0) is 13.2 Å². The third-order valence-corrected chi connectivity index (χ3v) is 2.49. The zero-order valence-electron chi connectivity index (χ0n) is 9.74. The Labute approximate surface area is 105 Å². The van der Waals surface area contributed by atoms with Crippen LogP contribution < -0.4 is 4.74 Å². The molecule has 0 aliphatic rings. The van der Waals surface area contributed by atoms with E-state index in [1.165, 1.54) is 6.20 Å². The van der Waals surface area contributed by atoms with E-state index in [4.69, 9.17) is 9.84 Å². The minimum absolute atomic E-state index is 0.0399. The molecule has 92 valence electrons. The molecule has 0 aliphatic heterocycles. The summed E-state index contributed by atoms with van der Waals surface area (Å²) in [5.41, 5.74) is 2.26. The molecule has 0 fully saturated rings. The predicted molar refractivity (Wildman–Crippen MR) is 66.3 cm³/mol. The van der Waals surface area contributed by atoms with Gasteiger partial charge in [0.15, 0.2) is 6.29 Å². The van der Waals surface area contributed by atoms with Crippen LogP contribution in [0, 0.1) is 0 Å². The van der Waals surface area contributed by atoms with Crippen molar-refractivity contribution in [1.29, 1.82) is 0 Å². The molecule has 0 radical (unpaired) electrons. The molecule has 2 aromatic rings. The van der Waals surface area contributed by atoms with Gasteiger partial charge < -0.3 is 9.84 Å². The number of pyridine rings is 1. The summed E-state index contributed by atoms with van der Waals surface area (Å²) in [6.45, 7) is 0.464. The molecule has 0 saturated heterocycles. The van der Waals surface area contributed by atoms with Crippen LogP contribution in [-0.4, -0.2) is 16.4 Å². The summed E-state index contributed by atoms with van der Waals surface area (Å²) in [6, 6.07) is 10.8. The Morgan fingerprint density at radius 2 is 1.83 bits per heavy atom. The highest BCUT2D eigenvalue weighted by Gasteiger charge is 1.98. The number of nitrogens with zero attached hydrogens (tertiary/aromatic N) is 1. The fourth-order valence-corrected chi connectivity index (χ4v) is 1.45. The summed E-state index contributed by atoms with van der Waals surface area (Å²) in [7, 11) is 0. The lowest BCUT2D eigenvalue weighted by Crippen LogP contribution is -1.97. The molecule has 1 heterocycles. The smallest absolute Gasteiger partial charge is 0.168 e. The molecule has 0 aliphatic carbocycles. The summed E-state index contributed by atoms with van der Waals surface area (Å²) in [6.07, 6.45) is 2.21. The van der Waals surface area contributed by atoms with Crippen LogP contribution in [0.2, 0.25) is 0 Å². The number of hydrogen-bond donors (Lipinski definition) is 1. The van der Waals surface area contributed by atoms with Crippen molar-refractivity contribution in [2.45, 2.75) is 13.2 Å². The molecule has 0 spiro atoms. The van der Waals surface area contributed by atoms with Gasteiger partial charge in [0.1, 0.15) is 18.1 Å². The molecule has 0 amide bonds. The highest BCUT2D eigenvalue weighted by Crippen LogP contribution is 2.12. The second-order valence-electron chi connectivity index (χ2n) is 3.80. The van der Waals surface area contributed by atoms with Crippen LogP contribution in [0.4, 0.5) is 0 Å². The molecule has 0 bridgehead atoms. The van der Waals surface area contributed by atoms with Crippen LogP contribution in [0.15, 0.2) is 42.6 Å². The van der Waals surface area contributed by atoms with Crippen LogP contribution in [0.25, 0.3) is 0 Å². The lowest BCUT2D eigenvalue weighted by Gasteiger charge is -2.06. The van der Waals surface area contributed by atoms with E-state index in [2.05, 4.69) is 4.98 Å². The van der Waals surface area contributed by atoms with Gasteiger partial charge in [0, 0.05) is 0 Å². The molecule has 1 aromatic carbocycles. The topological polar surface area (TPSA) is 59.4 Å². The maximum absolute atomic E-state index is 10.4. The predicted octanol–water partition coefficient (Wildman–Crippen LogP) is 1.97. The summed E-state index contributed by atoms with van der Waals surface area (Å²) < 4.78 is 5.52. The SMILES string of the molecule is O=Cc1ccc(OCc2ccc(CO)cc2)cn1. The summed E-state index contributed by atoms with van der Waals surface area (Å²) >= 11 is 0. The Kier molecular flexibility index (Phi) is 4.04. The average molecular weight is 243 g/mol. The van der Waals surface area contributed by atoms with E-state index in [9.17, 15) is 4.79 Å². The first-order valence-corrected chi connectivity index (χ1v) is 5.54. The van der Waals surface area contributed by atoms with Gasteiger partial charge >= 0.3 is 0 Å². The van der Waals surface area contributed by atoms with Gasteiger partial charge in [-0.3, -0.25) is 4.79 Å². The Bertz CT molecular complexity index is 506. The second-order valence-corrected chi connectivity index (χ2v) is 3.80. The number of aldehydes is 1. The molecule has 4 nitrogen and oxygen atoms in total. The van der Waals surface area contributed by atoms with Crippen molar-refractivity contribution in [3.05, 3.63) is 59.4 Å². The summed E-state index contributed by atoms with van der Waals surface area (Å²) in [4.78, 5) is 14.3. The fourth-order valence-electron chi connectivity index (χ4n) is 1.45. The first kappa shape index (κ1) is 12.3. The third-order valence-electron chi connectivity index (χ3n) is 2.49. The van der Waals surface area contributed by atoms with Crippen LogP contribution in [0.5, 0.6) is 5.75 Å². The van der Waals surface area contributed by atoms with Gasteiger partial charge in [0.25, 0.3) is 0 Å². The van der Waals surface area contributed by atoms with E-state index in [1.807, 2.05) is 24.3 Å². The van der Waals surface area contributed by atoms with Crippen molar-refractivity contribution in [2.75, 3.05) is 0 Å². The third kappa shape index (κ3) is 3.15. The highest BCUT2D eigenvalue weighted by atomic mass is 16.5. The zero-order valence-corrected chi connectivity index (χ0v) is 9.74. The number of aromatic nitrogens is 1. The normalized spacial score (nSPS) is 10.1. The minimum atomic E-state index is 0.0399. The van der Waals surface area contributed by atoms with Crippen LogP contribution >= 0.6 is 0 Å². The molecular formula is C14H13NO3. The zero-order chi connectivity index (χ0) is 12.8. The number of carbonyl (C=O) groups excluding carboxylic acids is 1. The van der Waals surface area contributed by atoms with Crippen molar-refractivity contribution in [3.63, 3.8) is 0 Å². The van der Waals surface area contributed by atoms with E-state index in [-0.39, 0.29) is 6.61 Å². The number of rotatable bonds is 5. The first-order valence-electron chi connectivity index (χ1n) is 5.54. The van der Waals surface area contributed by atoms with E-state index in [1.54, 1.807) is 12.1 Å². The molecule has 2 rings (SSSR count). The summed E-state index contributed by atoms with van der Waals surface area (Å²) in [5, 5.41) is 8.92. The molecule has 0 unspecified atom stereocenters. The van der Waals surface area contributed by atoms with Gasteiger partial charge in [-0.25, -0.2) is 4.98 Å². The number of aliphatic hydroxyl groups is 1. The molecule has 18 heavy (non-hydrogen) atoms. The minimum Gasteiger partial charge on any atom is -0.487 e. The van der Waals surface area contributed by atoms with Gasteiger partial charge in [0.05, 0.1) is 12.8 Å². The van der Waals surface area contributed by atoms with E-state index in [0.717, 1.165) is 11.1 Å². The standard InChI is InChI=1S/C14H13NO3/c16-8-11-1-3-12(4-2-11)10-18-14-6-5-13(9-17)15-7-14/h1-7,9,16H,8,10H2. The quantitative estimate of drug-likeness (QED) is 0.815. The van der Waals surface area contributed by atoms with Crippen molar-refractivity contribution >= 4 is 6.29 Å². The Hall–Kier alpha value is -2.20. The van der Waals surface area contributed by atoms with Gasteiger partial charge in [-0.2, -0.15) is 0 Å². The molecule has 4 heteroatoms. The van der Waals surface area contributed by atoms with Gasteiger partial charge in [-0.15, -0.1) is 0 Å². The molecular weight excluding hydrogens is 230 g/mol. The number of benzene rings is 1. The Balaban J connectivity index is 1.95. The van der Waals surface area contributed by atoms with E-state index < -0.39 is 0 Å². The van der Waals surface area contributed by atoms with Crippen LogP contribution in [0.1, 0.15) is 21.6 Å². The van der Waals surface area contributed by atoms with E-state index in [0.29, 0.717) is 24.3 Å². The number of hydrogen-bond acceptors (Lipinski definition) is 4. The molecule has 1 N–H and O–H groups in total. The maximum atomic E-state index is 10.4. The van der Waals surface area contributed by atoms with Crippen molar-refractivity contribution in [2.24, 2.45) is 0 Å². The van der Waals surface area contributed by atoms with Gasteiger partial charge in [0.2, 0.25) is 0 Å². The largest absolute Gasteiger partial charge is 0.487 e. The molecule has 0 saturated carbocycles. The Morgan fingerprint density at radius 3 is 2.39 bits per heavy atom. The lowest BCUT2D eigenvalue weighted by molar-refractivity contribution is 0.111. The number of carbonyl (C=O) groups is 1. The molecule has 0 atom stereocenters. The average Bonchev–Trinajstić information content (AvgIpc) is 2.46. The summed E-state index contributed by atoms with van der Waals surface area (Å²) in [5.74, 6) is 0.617. The maximum Gasteiger partial charge on any atom is 0.168 e. The van der Waals surface area contributed by atoms with Crippen LogP contribution in [0.3, 0.4) is 0 Å². The number of aliphatic hydroxyl groups excluding tert-OH is 1. The van der Waals surface area contributed by atoms with Crippen molar-refractivity contribution in [1.82, 2.24) is 4.98 Å². The van der Waals surface area contributed by atoms with Crippen molar-refractivity contribution in [3.8, 4) is 5.75 Å². The van der Waals surface area contributed by atoms with Crippen molar-refractivity contribution < 1.29 is 14.6 Å². The van der Waals surface area contributed by atoms with Gasteiger partial charge in [-0.1, -0.05) is 24.3 Å². The highest BCUT2D eigenvalue weighted by molar-refractivity contribution is 5.71. The van der Waals surface area contributed by atoms with E-state index >= 15 is 0 Å². The Morgan fingerprint density at radius 1 is 1.11 bits per heavy atom. The van der Waals surface area contributed by atoms with Gasteiger partial charge in [-0.05, 0) is 23.3 Å². The fraction of sp³-hybridized carbons (Fsp3) is 0.143. The first-order chi connectivity index (χ1) is 8.81. The monoisotopic (exact) mass is 243 g/mol. The lowest BCUT2D eigenvalue weighted by atomic mass is 10.1. The number of ether oxygens (including phenoxy) is 1.